The lowest BCUT2D eigenvalue weighted by Gasteiger charge is -2.32. The molecular formula is C17H26BNO3. The van der Waals surface area contributed by atoms with Crippen LogP contribution in [0.4, 0.5) is 0 Å². The van der Waals surface area contributed by atoms with Gasteiger partial charge >= 0.3 is 7.12 Å². The Hall–Kier alpha value is -0.905. The molecule has 0 aromatic carbocycles. The molecule has 1 aromatic heterocycles. The summed E-state index contributed by atoms with van der Waals surface area (Å²) in [5, 5.41) is 0. The van der Waals surface area contributed by atoms with Crippen LogP contribution in [0.15, 0.2) is 12.3 Å². The van der Waals surface area contributed by atoms with E-state index in [1.165, 1.54) is 0 Å². The lowest BCUT2D eigenvalue weighted by Crippen LogP contribution is -2.41. The van der Waals surface area contributed by atoms with Crippen molar-refractivity contribution < 1.29 is 14.0 Å². The fraction of sp³-hybridized carbons (Fsp3) is 0.706. The summed E-state index contributed by atoms with van der Waals surface area (Å²) in [4.78, 5) is 4.64. The van der Waals surface area contributed by atoms with Gasteiger partial charge in [0.2, 0.25) is 0 Å². The van der Waals surface area contributed by atoms with Crippen LogP contribution >= 0.6 is 0 Å². The van der Waals surface area contributed by atoms with E-state index in [2.05, 4.69) is 45.7 Å². The predicted octanol–water partition coefficient (Wildman–Crippen LogP) is 2.58. The Morgan fingerprint density at radius 1 is 1.09 bits per heavy atom. The first-order valence-electron chi connectivity index (χ1n) is 8.20. The van der Waals surface area contributed by atoms with Gasteiger partial charge in [0.15, 0.2) is 0 Å². The zero-order valence-corrected chi connectivity index (χ0v) is 14.3. The number of pyridine rings is 1. The SMILES string of the molecule is Cc1cnc(C2CCOCC2)cc1B1OC(C)(C)C(C)(C)O1. The van der Waals surface area contributed by atoms with Crippen molar-refractivity contribution in [2.24, 2.45) is 0 Å². The average molecular weight is 303 g/mol. The molecule has 22 heavy (non-hydrogen) atoms. The zero-order chi connectivity index (χ0) is 16.0. The Labute approximate surface area is 133 Å². The summed E-state index contributed by atoms with van der Waals surface area (Å²) >= 11 is 0. The largest absolute Gasteiger partial charge is 0.495 e. The molecule has 0 radical (unpaired) electrons. The summed E-state index contributed by atoms with van der Waals surface area (Å²) in [6.45, 7) is 12.1. The second-order valence-electron chi connectivity index (χ2n) is 7.44. The number of hydrogen-bond acceptors (Lipinski definition) is 4. The summed E-state index contributed by atoms with van der Waals surface area (Å²) in [7, 11) is -0.313. The molecule has 3 rings (SSSR count). The first-order chi connectivity index (χ1) is 10.3. The number of aromatic nitrogens is 1. The number of nitrogens with zero attached hydrogens (tertiary/aromatic N) is 1. The van der Waals surface area contributed by atoms with Gasteiger partial charge < -0.3 is 14.0 Å². The zero-order valence-electron chi connectivity index (χ0n) is 14.3. The van der Waals surface area contributed by atoms with Crippen LogP contribution < -0.4 is 5.46 Å². The molecule has 2 aliphatic rings. The van der Waals surface area contributed by atoms with Crippen LogP contribution in [0.3, 0.4) is 0 Å². The van der Waals surface area contributed by atoms with Gasteiger partial charge in [-0.05, 0) is 64.6 Å². The first-order valence-corrected chi connectivity index (χ1v) is 8.20. The van der Waals surface area contributed by atoms with E-state index in [0.29, 0.717) is 5.92 Å². The normalized spacial score (nSPS) is 24.7. The third-order valence-corrected chi connectivity index (χ3v) is 5.31. The van der Waals surface area contributed by atoms with Gasteiger partial charge in [-0.3, -0.25) is 4.98 Å². The third-order valence-electron chi connectivity index (χ3n) is 5.31. The molecule has 3 heterocycles. The summed E-state index contributed by atoms with van der Waals surface area (Å²) < 4.78 is 17.8. The number of rotatable bonds is 2. The minimum Gasteiger partial charge on any atom is -0.399 e. The van der Waals surface area contributed by atoms with Gasteiger partial charge in [-0.1, -0.05) is 0 Å². The van der Waals surface area contributed by atoms with Gasteiger partial charge in [-0.25, -0.2) is 0 Å². The van der Waals surface area contributed by atoms with Crippen molar-refractivity contribution in [3.63, 3.8) is 0 Å². The molecular weight excluding hydrogens is 277 g/mol. The summed E-state index contributed by atoms with van der Waals surface area (Å²) in [6, 6.07) is 2.17. The van der Waals surface area contributed by atoms with Crippen molar-refractivity contribution in [1.29, 1.82) is 0 Å². The molecule has 0 unspecified atom stereocenters. The van der Waals surface area contributed by atoms with Gasteiger partial charge in [-0.2, -0.15) is 0 Å². The van der Waals surface area contributed by atoms with Crippen LogP contribution in [-0.2, 0) is 14.0 Å². The van der Waals surface area contributed by atoms with Crippen molar-refractivity contribution in [2.75, 3.05) is 13.2 Å². The third kappa shape index (κ3) is 2.82. The summed E-state index contributed by atoms with van der Waals surface area (Å²) in [5.74, 6) is 0.482. The number of aryl methyl sites for hydroxylation is 1. The van der Waals surface area contributed by atoms with Crippen LogP contribution in [0.1, 0.15) is 57.7 Å². The summed E-state index contributed by atoms with van der Waals surface area (Å²) in [5.41, 5.74) is 2.74. The Bertz CT molecular complexity index is 537. The maximum absolute atomic E-state index is 6.20. The maximum atomic E-state index is 6.20. The maximum Gasteiger partial charge on any atom is 0.495 e. The fourth-order valence-corrected chi connectivity index (χ4v) is 3.00. The van der Waals surface area contributed by atoms with E-state index in [1.54, 1.807) is 0 Å². The topological polar surface area (TPSA) is 40.6 Å². The van der Waals surface area contributed by atoms with E-state index in [1.807, 2.05) is 6.20 Å². The van der Waals surface area contributed by atoms with E-state index in [0.717, 1.165) is 42.8 Å². The monoisotopic (exact) mass is 303 g/mol. The molecule has 0 amide bonds. The molecule has 120 valence electrons. The second-order valence-corrected chi connectivity index (χ2v) is 7.44. The Morgan fingerprint density at radius 3 is 2.27 bits per heavy atom. The molecule has 0 saturated carbocycles. The molecule has 1 aromatic rings. The highest BCUT2D eigenvalue weighted by Gasteiger charge is 2.52. The van der Waals surface area contributed by atoms with Gasteiger partial charge in [0.1, 0.15) is 0 Å². The van der Waals surface area contributed by atoms with E-state index in [4.69, 9.17) is 14.0 Å². The van der Waals surface area contributed by atoms with E-state index >= 15 is 0 Å². The standard InChI is InChI=1S/C17H26BNO3/c1-12-11-19-15(13-6-8-20-9-7-13)10-14(12)18-21-16(2,3)17(4,5)22-18/h10-11,13H,6-9H2,1-5H3. The highest BCUT2D eigenvalue weighted by molar-refractivity contribution is 6.62. The van der Waals surface area contributed by atoms with Gasteiger partial charge in [0.05, 0.1) is 11.2 Å². The molecule has 2 fully saturated rings. The van der Waals surface area contributed by atoms with Crippen LogP contribution in [-0.4, -0.2) is 36.5 Å². The molecule has 0 N–H and O–H groups in total. The van der Waals surface area contributed by atoms with Crippen molar-refractivity contribution in [1.82, 2.24) is 4.98 Å². The Kier molecular flexibility index (Phi) is 4.08. The van der Waals surface area contributed by atoms with Crippen LogP contribution in [0.2, 0.25) is 0 Å². The highest BCUT2D eigenvalue weighted by Crippen LogP contribution is 2.37. The molecule has 2 saturated heterocycles. The molecule has 5 heteroatoms. The smallest absolute Gasteiger partial charge is 0.399 e. The Morgan fingerprint density at radius 2 is 1.68 bits per heavy atom. The molecule has 0 bridgehead atoms. The minimum atomic E-state index is -0.313. The van der Waals surface area contributed by atoms with Crippen molar-refractivity contribution in [3.8, 4) is 0 Å². The molecule has 0 spiro atoms. The quantitative estimate of drug-likeness (QED) is 0.787. The fourth-order valence-electron chi connectivity index (χ4n) is 3.00. The van der Waals surface area contributed by atoms with Crippen LogP contribution in [0, 0.1) is 6.92 Å². The van der Waals surface area contributed by atoms with Crippen LogP contribution in [0.5, 0.6) is 0 Å². The number of hydrogen-bond donors (Lipinski definition) is 0. The minimum absolute atomic E-state index is 0.313. The lowest BCUT2D eigenvalue weighted by molar-refractivity contribution is 0.00578. The van der Waals surface area contributed by atoms with Gasteiger partial charge in [-0.15, -0.1) is 0 Å². The Balaban J connectivity index is 1.88. The molecule has 0 atom stereocenters. The first kappa shape index (κ1) is 16.0. The van der Waals surface area contributed by atoms with E-state index in [-0.39, 0.29) is 18.3 Å². The van der Waals surface area contributed by atoms with Crippen molar-refractivity contribution in [3.05, 3.63) is 23.5 Å². The van der Waals surface area contributed by atoms with Crippen molar-refractivity contribution >= 4 is 12.6 Å². The molecule has 2 aliphatic heterocycles. The van der Waals surface area contributed by atoms with Gasteiger partial charge in [0, 0.05) is 31.0 Å². The number of ether oxygens (including phenoxy) is 1. The molecule has 4 nitrogen and oxygen atoms in total. The van der Waals surface area contributed by atoms with Gasteiger partial charge in [0.25, 0.3) is 0 Å². The van der Waals surface area contributed by atoms with Crippen LogP contribution in [0.25, 0.3) is 0 Å². The average Bonchev–Trinajstić information content (AvgIpc) is 2.69. The lowest BCUT2D eigenvalue weighted by atomic mass is 9.75. The van der Waals surface area contributed by atoms with E-state index < -0.39 is 0 Å². The van der Waals surface area contributed by atoms with Crippen molar-refractivity contribution in [2.45, 2.75) is 64.6 Å². The highest BCUT2D eigenvalue weighted by atomic mass is 16.7. The predicted molar refractivity (Wildman–Crippen MR) is 87.5 cm³/mol. The second kappa shape index (κ2) is 5.62. The van der Waals surface area contributed by atoms with E-state index in [9.17, 15) is 0 Å². The summed E-state index contributed by atoms with van der Waals surface area (Å²) in [6.07, 6.45) is 4.03. The molecule has 0 aliphatic carbocycles.